The van der Waals surface area contributed by atoms with E-state index in [0.29, 0.717) is 30.0 Å². The molecule has 4 rings (SSSR count). The number of ether oxygens (including phenoxy) is 2. The van der Waals surface area contributed by atoms with Gasteiger partial charge in [-0.05, 0) is 48.4 Å². The highest BCUT2D eigenvalue weighted by Gasteiger charge is 2.42. The summed E-state index contributed by atoms with van der Waals surface area (Å²) < 4.78 is 33.9. The molecule has 2 atom stereocenters. The van der Waals surface area contributed by atoms with Crippen molar-refractivity contribution in [2.24, 2.45) is 4.99 Å². The van der Waals surface area contributed by atoms with Gasteiger partial charge in [0.05, 0.1) is 31.8 Å². The van der Waals surface area contributed by atoms with Gasteiger partial charge in [-0.3, -0.25) is 9.79 Å². The van der Waals surface area contributed by atoms with Gasteiger partial charge in [0.1, 0.15) is 0 Å². The Morgan fingerprint density at radius 1 is 1.09 bits per heavy atom. The molecule has 170 valence electrons. The van der Waals surface area contributed by atoms with E-state index in [4.69, 9.17) is 9.47 Å². The number of aliphatic imine (C=N–C) groups is 1. The van der Waals surface area contributed by atoms with E-state index in [0.717, 1.165) is 16.4 Å². The lowest BCUT2D eigenvalue weighted by Crippen LogP contribution is -2.25. The third kappa shape index (κ3) is 5.18. The number of thioether (sulfide) groups is 1. The molecule has 2 N–H and O–H groups in total. The fourth-order valence-corrected chi connectivity index (χ4v) is 7.38. The van der Waals surface area contributed by atoms with Crippen molar-refractivity contribution in [3.05, 3.63) is 53.6 Å². The molecule has 2 aromatic carbocycles. The SMILES string of the molecule is COc1ccc(CCNC(=O)c2ccc(NC3=N[C@@H]4CS(=O)(=O)C[C@@H]4S3)cc2)cc1OC. The smallest absolute Gasteiger partial charge is 0.251 e. The van der Waals surface area contributed by atoms with E-state index in [1.807, 2.05) is 30.3 Å². The summed E-state index contributed by atoms with van der Waals surface area (Å²) in [6.45, 7) is 0.494. The quantitative estimate of drug-likeness (QED) is 0.633. The Morgan fingerprint density at radius 3 is 2.53 bits per heavy atom. The van der Waals surface area contributed by atoms with Crippen LogP contribution >= 0.6 is 11.8 Å². The van der Waals surface area contributed by atoms with Gasteiger partial charge in [-0.15, -0.1) is 0 Å². The molecule has 0 unspecified atom stereocenters. The van der Waals surface area contributed by atoms with Crippen molar-refractivity contribution in [2.45, 2.75) is 17.7 Å². The third-order valence-corrected chi connectivity index (χ3v) is 8.51. The Labute approximate surface area is 191 Å². The maximum absolute atomic E-state index is 12.4. The molecule has 2 aliphatic rings. The molecule has 0 spiro atoms. The average molecular weight is 476 g/mol. The summed E-state index contributed by atoms with van der Waals surface area (Å²) >= 11 is 1.47. The zero-order chi connectivity index (χ0) is 22.7. The van der Waals surface area contributed by atoms with Crippen LogP contribution in [-0.4, -0.2) is 63.1 Å². The normalized spacial score (nSPS) is 20.9. The largest absolute Gasteiger partial charge is 0.493 e. The fourth-order valence-electron chi connectivity index (χ4n) is 3.70. The summed E-state index contributed by atoms with van der Waals surface area (Å²) in [5.74, 6) is 1.49. The lowest BCUT2D eigenvalue weighted by Gasteiger charge is -2.10. The van der Waals surface area contributed by atoms with Gasteiger partial charge in [-0.25, -0.2) is 8.42 Å². The molecule has 1 saturated heterocycles. The van der Waals surface area contributed by atoms with Crippen LogP contribution in [0, 0.1) is 0 Å². The maximum Gasteiger partial charge on any atom is 0.251 e. The lowest BCUT2D eigenvalue weighted by atomic mass is 10.1. The van der Waals surface area contributed by atoms with Crippen LogP contribution in [0.5, 0.6) is 11.5 Å². The summed E-state index contributed by atoms with van der Waals surface area (Å²) in [5, 5.41) is 6.86. The summed E-state index contributed by atoms with van der Waals surface area (Å²) in [6.07, 6.45) is 0.667. The van der Waals surface area contributed by atoms with Crippen LogP contribution in [0.1, 0.15) is 15.9 Å². The average Bonchev–Trinajstić information content (AvgIpc) is 3.26. The van der Waals surface area contributed by atoms with E-state index in [1.165, 1.54) is 11.8 Å². The van der Waals surface area contributed by atoms with Crippen LogP contribution in [0.3, 0.4) is 0 Å². The van der Waals surface area contributed by atoms with Gasteiger partial charge in [0.15, 0.2) is 26.5 Å². The van der Waals surface area contributed by atoms with Crippen molar-refractivity contribution in [2.75, 3.05) is 37.6 Å². The standard InChI is InChI=1S/C22H25N3O5S2/c1-29-18-8-3-14(11-19(18)30-2)9-10-23-21(26)15-4-6-16(7-5-15)24-22-25-17-12-32(27,28)13-20(17)31-22/h3-8,11,17,20H,9-10,12-13H2,1-2H3,(H,23,26)(H,24,25)/t17-,20+/m1/s1. The molecule has 2 aromatic rings. The van der Waals surface area contributed by atoms with Gasteiger partial charge in [0, 0.05) is 23.0 Å². The molecule has 0 aromatic heterocycles. The van der Waals surface area contributed by atoms with Crippen LogP contribution in [-0.2, 0) is 16.3 Å². The van der Waals surface area contributed by atoms with Gasteiger partial charge in [0.2, 0.25) is 0 Å². The number of carbonyl (C=O) groups excluding carboxylic acids is 1. The van der Waals surface area contributed by atoms with Crippen molar-refractivity contribution in [3.8, 4) is 11.5 Å². The Hall–Kier alpha value is -2.72. The number of benzene rings is 2. The number of hydrogen-bond donors (Lipinski definition) is 2. The summed E-state index contributed by atoms with van der Waals surface area (Å²) in [5.41, 5.74) is 2.41. The first kappa shape index (κ1) is 22.5. The molecule has 2 aliphatic heterocycles. The minimum atomic E-state index is -2.96. The van der Waals surface area contributed by atoms with Crippen molar-refractivity contribution < 1.29 is 22.7 Å². The van der Waals surface area contributed by atoms with Crippen LogP contribution in [0.15, 0.2) is 47.5 Å². The Morgan fingerprint density at radius 2 is 1.84 bits per heavy atom. The number of methoxy groups -OCH3 is 2. The minimum absolute atomic E-state index is 0.00165. The second-order valence-corrected chi connectivity index (χ2v) is 11.0. The second-order valence-electron chi connectivity index (χ2n) is 7.63. The lowest BCUT2D eigenvalue weighted by molar-refractivity contribution is 0.0954. The van der Waals surface area contributed by atoms with Crippen molar-refractivity contribution >= 4 is 38.4 Å². The summed E-state index contributed by atoms with van der Waals surface area (Å²) in [4.78, 5) is 16.9. The molecule has 0 bridgehead atoms. The maximum atomic E-state index is 12.4. The van der Waals surface area contributed by atoms with E-state index in [-0.39, 0.29) is 28.7 Å². The van der Waals surface area contributed by atoms with Gasteiger partial charge < -0.3 is 20.1 Å². The monoisotopic (exact) mass is 475 g/mol. The molecule has 1 amide bonds. The minimum Gasteiger partial charge on any atom is -0.493 e. The number of rotatable bonds is 7. The van der Waals surface area contributed by atoms with Crippen LogP contribution in [0.4, 0.5) is 5.69 Å². The van der Waals surface area contributed by atoms with Crippen molar-refractivity contribution in [3.63, 3.8) is 0 Å². The molecule has 0 aliphatic carbocycles. The molecule has 10 heteroatoms. The molecule has 1 fully saturated rings. The second kappa shape index (κ2) is 9.41. The van der Waals surface area contributed by atoms with Gasteiger partial charge in [-0.2, -0.15) is 0 Å². The number of nitrogens with one attached hydrogen (secondary N) is 2. The zero-order valence-electron chi connectivity index (χ0n) is 17.8. The number of nitrogens with zero attached hydrogens (tertiary/aromatic N) is 1. The van der Waals surface area contributed by atoms with Gasteiger partial charge >= 0.3 is 0 Å². The van der Waals surface area contributed by atoms with Crippen LogP contribution in [0.2, 0.25) is 0 Å². The van der Waals surface area contributed by atoms with E-state index >= 15 is 0 Å². The molecule has 0 saturated carbocycles. The van der Waals surface area contributed by atoms with Crippen LogP contribution in [0.25, 0.3) is 0 Å². The first-order valence-corrected chi connectivity index (χ1v) is 12.9. The molecule has 8 nitrogen and oxygen atoms in total. The van der Waals surface area contributed by atoms with Crippen molar-refractivity contribution in [1.29, 1.82) is 0 Å². The van der Waals surface area contributed by atoms with Gasteiger partial charge in [0.25, 0.3) is 5.91 Å². The predicted octanol–water partition coefficient (Wildman–Crippen LogP) is 2.36. The number of hydrogen-bond acceptors (Lipinski definition) is 8. The Balaban J connectivity index is 1.27. The first-order chi connectivity index (χ1) is 15.4. The zero-order valence-corrected chi connectivity index (χ0v) is 19.5. The molecule has 32 heavy (non-hydrogen) atoms. The third-order valence-electron chi connectivity index (χ3n) is 5.36. The molecule has 2 heterocycles. The highest BCUT2D eigenvalue weighted by molar-refractivity contribution is 8.15. The van der Waals surface area contributed by atoms with E-state index in [9.17, 15) is 13.2 Å². The number of anilines is 1. The summed E-state index contributed by atoms with van der Waals surface area (Å²) in [7, 11) is 0.226. The van der Waals surface area contributed by atoms with Crippen LogP contribution < -0.4 is 20.1 Å². The summed E-state index contributed by atoms with van der Waals surface area (Å²) in [6, 6.07) is 12.7. The predicted molar refractivity (Wildman–Crippen MR) is 127 cm³/mol. The van der Waals surface area contributed by atoms with E-state index in [2.05, 4.69) is 15.6 Å². The number of fused-ring (bicyclic) bond motifs is 1. The number of sulfone groups is 1. The highest BCUT2D eigenvalue weighted by Crippen LogP contribution is 2.34. The Kier molecular flexibility index (Phi) is 6.61. The van der Waals surface area contributed by atoms with E-state index in [1.54, 1.807) is 26.4 Å². The van der Waals surface area contributed by atoms with Gasteiger partial charge in [-0.1, -0.05) is 17.8 Å². The number of amides is 1. The number of amidine groups is 1. The first-order valence-electron chi connectivity index (χ1n) is 10.2. The Bertz CT molecular complexity index is 1130. The number of carbonyl (C=O) groups is 1. The van der Waals surface area contributed by atoms with E-state index < -0.39 is 9.84 Å². The molecular formula is C22H25N3O5S2. The fraction of sp³-hybridized carbons (Fsp3) is 0.364. The molecule has 0 radical (unpaired) electrons. The molecular weight excluding hydrogens is 450 g/mol. The van der Waals surface area contributed by atoms with Crippen molar-refractivity contribution in [1.82, 2.24) is 5.32 Å². The highest BCUT2D eigenvalue weighted by atomic mass is 32.2. The topological polar surface area (TPSA) is 106 Å².